The Morgan fingerprint density at radius 1 is 1.33 bits per heavy atom. The van der Waals surface area contributed by atoms with E-state index in [4.69, 9.17) is 33.2 Å². The van der Waals surface area contributed by atoms with Crippen molar-refractivity contribution in [2.75, 3.05) is 6.61 Å². The zero-order valence-electron chi connectivity index (χ0n) is 9.38. The summed E-state index contributed by atoms with van der Waals surface area (Å²) < 4.78 is 11.1. The summed E-state index contributed by atoms with van der Waals surface area (Å²) in [6, 6.07) is -0.0443. The number of fused-ring (bicyclic) bond motifs is 2. The fraction of sp³-hybridized carbons (Fsp3) is 0.625. The molecule has 2 bridgehead atoms. The van der Waals surface area contributed by atoms with Crippen LogP contribution in [-0.2, 0) is 9.47 Å². The van der Waals surface area contributed by atoms with Gasteiger partial charge in [-0.15, -0.1) is 0 Å². The fourth-order valence-electron chi connectivity index (χ4n) is 1.79. The Bertz CT molecular complexity index is 390. The number of hydrogen-bond acceptors (Lipinski definition) is 6. The van der Waals surface area contributed by atoms with Crippen LogP contribution >= 0.6 is 24.4 Å². The number of hydrazone groups is 1. The van der Waals surface area contributed by atoms with E-state index in [1.165, 1.54) is 0 Å². The number of nitrogens with one attached hydrogen (secondary N) is 3. The van der Waals surface area contributed by atoms with Crippen molar-refractivity contribution in [3.05, 3.63) is 0 Å². The highest BCUT2D eigenvalue weighted by Gasteiger charge is 2.42. The minimum atomic E-state index is -0.445. The van der Waals surface area contributed by atoms with Crippen LogP contribution in [0.4, 0.5) is 0 Å². The third-order valence-electron chi connectivity index (χ3n) is 2.55. The molecule has 2 aliphatic heterocycles. The van der Waals surface area contributed by atoms with Crippen molar-refractivity contribution < 1.29 is 9.47 Å². The second-order valence-corrected chi connectivity index (χ2v) is 4.74. The Morgan fingerprint density at radius 2 is 2.11 bits per heavy atom. The lowest BCUT2D eigenvalue weighted by Crippen LogP contribution is -2.55. The molecule has 0 unspecified atom stereocenters. The largest absolute Gasteiger partial charge is 0.375 e. The van der Waals surface area contributed by atoms with E-state index in [-0.39, 0.29) is 22.4 Å². The summed E-state index contributed by atoms with van der Waals surface area (Å²) in [5.74, 6) is 0. The van der Waals surface area contributed by atoms with Crippen LogP contribution in [0.2, 0.25) is 0 Å². The smallest absolute Gasteiger partial charge is 0.199 e. The second kappa shape index (κ2) is 5.71. The number of nitrogens with zero attached hydrogens (tertiary/aromatic N) is 1. The minimum absolute atomic E-state index is 0.0443. The predicted octanol–water partition coefficient (Wildman–Crippen LogP) is -1.97. The van der Waals surface area contributed by atoms with Crippen molar-refractivity contribution in [1.29, 1.82) is 0 Å². The molecule has 3 atom stereocenters. The molecule has 2 heterocycles. The molecule has 0 aromatic rings. The van der Waals surface area contributed by atoms with Crippen molar-refractivity contribution in [1.82, 2.24) is 16.3 Å². The number of ether oxygens (including phenoxy) is 2. The first-order valence-corrected chi connectivity index (χ1v) is 6.08. The summed E-state index contributed by atoms with van der Waals surface area (Å²) >= 11 is 9.40. The van der Waals surface area contributed by atoms with Crippen molar-refractivity contribution in [2.24, 2.45) is 16.6 Å². The molecule has 2 aliphatic rings. The molecule has 8 nitrogen and oxygen atoms in total. The van der Waals surface area contributed by atoms with E-state index in [2.05, 4.69) is 33.6 Å². The summed E-state index contributed by atoms with van der Waals surface area (Å²) in [6.45, 7) is 0.480. The molecule has 0 spiro atoms. The maximum Gasteiger partial charge on any atom is 0.199 e. The van der Waals surface area contributed by atoms with Gasteiger partial charge in [0.25, 0.3) is 0 Å². The molecule has 0 aromatic carbocycles. The lowest BCUT2D eigenvalue weighted by atomic mass is 10.0. The van der Waals surface area contributed by atoms with Gasteiger partial charge >= 0.3 is 0 Å². The maximum atomic E-state index is 5.62. The molecule has 18 heavy (non-hydrogen) atoms. The van der Waals surface area contributed by atoms with Gasteiger partial charge in [-0.1, -0.05) is 0 Å². The topological polar surface area (TPSA) is 119 Å². The lowest BCUT2D eigenvalue weighted by molar-refractivity contribution is -0.0263. The third-order valence-corrected chi connectivity index (χ3v) is 2.74. The third kappa shape index (κ3) is 3.23. The molecule has 2 fully saturated rings. The van der Waals surface area contributed by atoms with Crippen LogP contribution in [0.3, 0.4) is 0 Å². The Labute approximate surface area is 114 Å². The summed E-state index contributed by atoms with van der Waals surface area (Å²) in [4.78, 5) is 0. The molecule has 0 aliphatic carbocycles. The van der Waals surface area contributed by atoms with Gasteiger partial charge in [-0.25, -0.2) is 5.43 Å². The average molecular weight is 290 g/mol. The first-order valence-electron chi connectivity index (χ1n) is 5.26. The molecular formula is C8H14N6O2S2. The van der Waals surface area contributed by atoms with Gasteiger partial charge < -0.3 is 20.9 Å². The first kappa shape index (κ1) is 13.4. The zero-order chi connectivity index (χ0) is 13.1. The first-order chi connectivity index (χ1) is 8.56. The molecule has 0 radical (unpaired) electrons. The lowest BCUT2D eigenvalue weighted by Gasteiger charge is -2.29. The van der Waals surface area contributed by atoms with Gasteiger partial charge in [-0.3, -0.25) is 10.9 Å². The summed E-state index contributed by atoms with van der Waals surface area (Å²) in [6.07, 6.45) is 0.0981. The van der Waals surface area contributed by atoms with Crippen molar-refractivity contribution in [3.8, 4) is 0 Å². The van der Waals surface area contributed by atoms with E-state index >= 15 is 0 Å². The monoisotopic (exact) mass is 290 g/mol. The van der Waals surface area contributed by atoms with E-state index in [0.29, 0.717) is 18.7 Å². The zero-order valence-corrected chi connectivity index (χ0v) is 11.0. The minimum Gasteiger partial charge on any atom is -0.375 e. The van der Waals surface area contributed by atoms with Gasteiger partial charge in [0.1, 0.15) is 6.10 Å². The number of hydrogen-bond donors (Lipinski definition) is 5. The van der Waals surface area contributed by atoms with Gasteiger partial charge in [0, 0.05) is 6.42 Å². The van der Waals surface area contributed by atoms with Gasteiger partial charge in [0.2, 0.25) is 0 Å². The Hall–Kier alpha value is -1.07. The number of nitrogens with two attached hydrogens (primary N) is 2. The summed E-state index contributed by atoms with van der Waals surface area (Å²) in [5.41, 5.74) is 19.5. The van der Waals surface area contributed by atoms with Crippen molar-refractivity contribution in [2.45, 2.75) is 24.9 Å². The molecule has 0 amide bonds. The van der Waals surface area contributed by atoms with Crippen LogP contribution in [-0.4, -0.2) is 41.0 Å². The number of hydrazine groups is 1. The summed E-state index contributed by atoms with van der Waals surface area (Å²) in [5, 5.41) is 4.31. The second-order valence-electron chi connectivity index (χ2n) is 3.86. The summed E-state index contributed by atoms with van der Waals surface area (Å²) in [7, 11) is 0. The van der Waals surface area contributed by atoms with Crippen LogP contribution < -0.4 is 27.7 Å². The van der Waals surface area contributed by atoms with Gasteiger partial charge in [-0.05, 0) is 24.4 Å². The highest BCUT2D eigenvalue weighted by Crippen LogP contribution is 2.25. The highest BCUT2D eigenvalue weighted by molar-refractivity contribution is 7.80. The van der Waals surface area contributed by atoms with Crippen LogP contribution in [0.5, 0.6) is 0 Å². The Balaban J connectivity index is 1.98. The molecule has 100 valence electrons. The average Bonchev–Trinajstić information content (AvgIpc) is 2.71. The SMILES string of the molecule is NC(=S)NN=C1C[C@H](NNC(N)=S)[C@H]2CO[C@@H]1O2. The fourth-order valence-corrected chi connectivity index (χ4v) is 1.90. The predicted molar refractivity (Wildman–Crippen MR) is 73.4 cm³/mol. The highest BCUT2D eigenvalue weighted by atomic mass is 32.1. The van der Waals surface area contributed by atoms with Crippen LogP contribution in [0.15, 0.2) is 5.10 Å². The molecule has 10 heteroatoms. The molecule has 2 rings (SSSR count). The molecule has 2 saturated heterocycles. The maximum absolute atomic E-state index is 5.62. The Kier molecular flexibility index (Phi) is 4.24. The van der Waals surface area contributed by atoms with Gasteiger partial charge in [0.15, 0.2) is 16.5 Å². The molecule has 7 N–H and O–H groups in total. The van der Waals surface area contributed by atoms with Crippen LogP contribution in [0, 0.1) is 0 Å². The van der Waals surface area contributed by atoms with Gasteiger partial charge in [-0.2, -0.15) is 5.10 Å². The van der Waals surface area contributed by atoms with Gasteiger partial charge in [0.05, 0.1) is 18.4 Å². The molecule has 0 aromatic heterocycles. The Morgan fingerprint density at radius 3 is 2.78 bits per heavy atom. The van der Waals surface area contributed by atoms with Crippen LogP contribution in [0.25, 0.3) is 0 Å². The van der Waals surface area contributed by atoms with E-state index in [1.54, 1.807) is 0 Å². The van der Waals surface area contributed by atoms with E-state index in [0.717, 1.165) is 0 Å². The normalized spacial score (nSPS) is 32.2. The van der Waals surface area contributed by atoms with Crippen molar-refractivity contribution >= 4 is 40.4 Å². The van der Waals surface area contributed by atoms with Crippen molar-refractivity contribution in [3.63, 3.8) is 0 Å². The van der Waals surface area contributed by atoms with E-state index in [9.17, 15) is 0 Å². The number of thiocarbonyl (C=S) groups is 2. The molecular weight excluding hydrogens is 276 g/mol. The molecule has 0 saturated carbocycles. The number of rotatable bonds is 3. The van der Waals surface area contributed by atoms with Crippen LogP contribution in [0.1, 0.15) is 6.42 Å². The quantitative estimate of drug-likeness (QED) is 0.298. The van der Waals surface area contributed by atoms with E-state index in [1.807, 2.05) is 0 Å². The standard InChI is InChI=1S/C8H14N6O2S2/c9-7(17)13-11-3-1-4(12-14-8(10)18)6-15-2-5(3)16-6/h3,5-6,11H,1-2H2,(H3,9,13,17)(H3,10,14,18)/t3-,5+,6+/m0/s1. The van der Waals surface area contributed by atoms with E-state index < -0.39 is 6.29 Å².